The first-order valence-corrected chi connectivity index (χ1v) is 7.40. The molecule has 1 N–H and O–H groups in total. The van der Waals surface area contributed by atoms with Crippen molar-refractivity contribution in [3.8, 4) is 0 Å². The van der Waals surface area contributed by atoms with Gasteiger partial charge in [0.15, 0.2) is 0 Å². The van der Waals surface area contributed by atoms with Gasteiger partial charge in [-0.2, -0.15) is 0 Å². The van der Waals surface area contributed by atoms with Crippen LogP contribution >= 0.6 is 0 Å². The Morgan fingerprint density at radius 1 is 1.19 bits per heavy atom. The second-order valence-electron chi connectivity index (χ2n) is 6.04. The highest BCUT2D eigenvalue weighted by Crippen LogP contribution is 2.36. The van der Waals surface area contributed by atoms with Gasteiger partial charge in [-0.3, -0.25) is 0 Å². The van der Waals surface area contributed by atoms with Crippen LogP contribution in [-0.4, -0.2) is 12.6 Å². The zero-order chi connectivity index (χ0) is 12.0. The Labute approximate surface area is 102 Å². The van der Waals surface area contributed by atoms with Crippen LogP contribution in [0.4, 0.5) is 0 Å². The molecule has 3 unspecified atom stereocenters. The molecule has 1 aliphatic carbocycles. The monoisotopic (exact) mass is 225 g/mol. The molecule has 1 saturated carbocycles. The van der Waals surface area contributed by atoms with Crippen LogP contribution in [0.3, 0.4) is 0 Å². The van der Waals surface area contributed by atoms with E-state index in [1.807, 2.05) is 0 Å². The van der Waals surface area contributed by atoms with Crippen LogP contribution < -0.4 is 5.32 Å². The van der Waals surface area contributed by atoms with Crippen LogP contribution in [0.1, 0.15) is 66.2 Å². The van der Waals surface area contributed by atoms with Gasteiger partial charge in [-0.1, -0.05) is 40.5 Å². The molecule has 0 aliphatic heterocycles. The van der Waals surface area contributed by atoms with Crippen LogP contribution in [-0.2, 0) is 0 Å². The van der Waals surface area contributed by atoms with Gasteiger partial charge in [-0.15, -0.1) is 0 Å². The molecule has 1 aliphatic rings. The summed E-state index contributed by atoms with van der Waals surface area (Å²) in [4.78, 5) is 0. The molecule has 0 amide bonds. The highest BCUT2D eigenvalue weighted by atomic mass is 14.9. The third kappa shape index (κ3) is 4.45. The lowest BCUT2D eigenvalue weighted by Gasteiger charge is -2.26. The van der Waals surface area contributed by atoms with Gasteiger partial charge in [0.05, 0.1) is 0 Å². The maximum absolute atomic E-state index is 3.79. The van der Waals surface area contributed by atoms with Crippen LogP contribution in [0, 0.1) is 17.8 Å². The van der Waals surface area contributed by atoms with E-state index in [0.717, 1.165) is 23.8 Å². The predicted octanol–water partition coefficient (Wildman–Crippen LogP) is 4.23. The van der Waals surface area contributed by atoms with E-state index in [1.165, 1.54) is 45.1 Å². The van der Waals surface area contributed by atoms with E-state index in [9.17, 15) is 0 Å². The fourth-order valence-corrected chi connectivity index (χ4v) is 3.13. The van der Waals surface area contributed by atoms with E-state index in [1.54, 1.807) is 0 Å². The van der Waals surface area contributed by atoms with Crippen molar-refractivity contribution in [1.29, 1.82) is 0 Å². The minimum atomic E-state index is 0.788. The van der Waals surface area contributed by atoms with E-state index < -0.39 is 0 Å². The van der Waals surface area contributed by atoms with Crippen LogP contribution in [0.15, 0.2) is 0 Å². The summed E-state index contributed by atoms with van der Waals surface area (Å²) in [5, 5.41) is 3.79. The molecule has 3 atom stereocenters. The molecule has 96 valence electrons. The molecule has 0 saturated heterocycles. The van der Waals surface area contributed by atoms with Crippen molar-refractivity contribution in [2.24, 2.45) is 17.8 Å². The zero-order valence-electron chi connectivity index (χ0n) is 11.8. The lowest BCUT2D eigenvalue weighted by molar-refractivity contribution is 0.301. The van der Waals surface area contributed by atoms with Crippen LogP contribution in [0.25, 0.3) is 0 Å². The Hall–Kier alpha value is -0.0400. The Morgan fingerprint density at radius 3 is 2.44 bits per heavy atom. The molecule has 1 rings (SSSR count). The number of hydrogen-bond donors (Lipinski definition) is 1. The van der Waals surface area contributed by atoms with Gasteiger partial charge in [-0.05, 0) is 50.0 Å². The molecule has 1 nitrogen and oxygen atoms in total. The molecular formula is C15H31N. The Balaban J connectivity index is 2.41. The molecule has 0 heterocycles. The van der Waals surface area contributed by atoms with Crippen molar-refractivity contribution >= 4 is 0 Å². The van der Waals surface area contributed by atoms with Crippen molar-refractivity contribution in [1.82, 2.24) is 5.32 Å². The van der Waals surface area contributed by atoms with E-state index in [-0.39, 0.29) is 0 Å². The molecule has 0 radical (unpaired) electrons. The normalized spacial score (nSPS) is 27.6. The molecule has 0 aromatic carbocycles. The molecular weight excluding hydrogens is 194 g/mol. The summed E-state index contributed by atoms with van der Waals surface area (Å²) in [5.41, 5.74) is 0. The minimum Gasteiger partial charge on any atom is -0.314 e. The van der Waals surface area contributed by atoms with Crippen LogP contribution in [0.5, 0.6) is 0 Å². The van der Waals surface area contributed by atoms with Gasteiger partial charge in [0.2, 0.25) is 0 Å². The van der Waals surface area contributed by atoms with Crippen molar-refractivity contribution in [2.75, 3.05) is 6.54 Å². The average molecular weight is 225 g/mol. The highest BCUT2D eigenvalue weighted by Gasteiger charge is 2.29. The first-order chi connectivity index (χ1) is 7.67. The maximum Gasteiger partial charge on any atom is 0.00978 e. The Kier molecular flexibility index (Phi) is 6.41. The molecule has 0 aromatic rings. The smallest absolute Gasteiger partial charge is 0.00978 e. The minimum absolute atomic E-state index is 0.788. The van der Waals surface area contributed by atoms with Gasteiger partial charge >= 0.3 is 0 Å². The SMILES string of the molecule is CCCNC(CC(C)C)C1CCC(CC)C1. The fraction of sp³-hybridized carbons (Fsp3) is 1.00. The number of rotatable bonds is 7. The zero-order valence-corrected chi connectivity index (χ0v) is 11.8. The first kappa shape index (κ1) is 14.0. The summed E-state index contributed by atoms with van der Waals surface area (Å²) in [5.74, 6) is 2.80. The average Bonchev–Trinajstić information content (AvgIpc) is 2.72. The lowest BCUT2D eigenvalue weighted by atomic mass is 9.89. The van der Waals surface area contributed by atoms with Crippen molar-refractivity contribution in [3.63, 3.8) is 0 Å². The summed E-state index contributed by atoms with van der Waals surface area (Å²) < 4.78 is 0. The molecule has 1 fully saturated rings. The summed E-state index contributed by atoms with van der Waals surface area (Å²) in [6.45, 7) is 10.5. The van der Waals surface area contributed by atoms with Gasteiger partial charge in [0.25, 0.3) is 0 Å². The van der Waals surface area contributed by atoms with Crippen molar-refractivity contribution in [3.05, 3.63) is 0 Å². The predicted molar refractivity (Wildman–Crippen MR) is 72.7 cm³/mol. The molecule has 0 bridgehead atoms. The van der Waals surface area contributed by atoms with Crippen LogP contribution in [0.2, 0.25) is 0 Å². The Morgan fingerprint density at radius 2 is 1.94 bits per heavy atom. The summed E-state index contributed by atoms with van der Waals surface area (Å²) in [6, 6.07) is 0.788. The Bertz CT molecular complexity index is 176. The maximum atomic E-state index is 3.79. The van der Waals surface area contributed by atoms with E-state index in [2.05, 4.69) is 33.0 Å². The summed E-state index contributed by atoms with van der Waals surface area (Å²) in [7, 11) is 0. The molecule has 0 spiro atoms. The largest absolute Gasteiger partial charge is 0.314 e. The molecule has 1 heteroatoms. The van der Waals surface area contributed by atoms with E-state index in [0.29, 0.717) is 0 Å². The van der Waals surface area contributed by atoms with Gasteiger partial charge in [0.1, 0.15) is 0 Å². The van der Waals surface area contributed by atoms with E-state index in [4.69, 9.17) is 0 Å². The standard InChI is InChI=1S/C15H31N/c1-5-9-16-15(10-12(3)4)14-8-7-13(6-2)11-14/h12-16H,5-11H2,1-4H3. The quantitative estimate of drug-likeness (QED) is 0.684. The second kappa shape index (κ2) is 7.32. The second-order valence-corrected chi connectivity index (χ2v) is 6.04. The lowest BCUT2D eigenvalue weighted by Crippen LogP contribution is -2.37. The van der Waals surface area contributed by atoms with Gasteiger partial charge in [-0.25, -0.2) is 0 Å². The number of nitrogens with one attached hydrogen (secondary N) is 1. The van der Waals surface area contributed by atoms with E-state index >= 15 is 0 Å². The highest BCUT2D eigenvalue weighted by molar-refractivity contribution is 4.84. The van der Waals surface area contributed by atoms with Gasteiger partial charge in [0, 0.05) is 6.04 Å². The summed E-state index contributed by atoms with van der Waals surface area (Å²) >= 11 is 0. The molecule has 16 heavy (non-hydrogen) atoms. The third-order valence-corrected chi connectivity index (χ3v) is 4.11. The third-order valence-electron chi connectivity index (χ3n) is 4.11. The van der Waals surface area contributed by atoms with Gasteiger partial charge < -0.3 is 5.32 Å². The topological polar surface area (TPSA) is 12.0 Å². The fourth-order valence-electron chi connectivity index (χ4n) is 3.13. The summed E-state index contributed by atoms with van der Waals surface area (Å²) in [6.07, 6.45) is 8.43. The number of hydrogen-bond acceptors (Lipinski definition) is 1. The first-order valence-electron chi connectivity index (χ1n) is 7.40. The van der Waals surface area contributed by atoms with Crippen molar-refractivity contribution in [2.45, 2.75) is 72.3 Å². The van der Waals surface area contributed by atoms with Crippen molar-refractivity contribution < 1.29 is 0 Å². The molecule has 0 aromatic heterocycles.